The summed E-state index contributed by atoms with van der Waals surface area (Å²) in [6, 6.07) is 6.75. The second-order valence-corrected chi connectivity index (χ2v) is 5.99. The first-order valence-corrected chi connectivity index (χ1v) is 7.84. The van der Waals surface area contributed by atoms with Gasteiger partial charge in [0, 0.05) is 10.9 Å². The number of terminal acetylenes is 1. The largest absolute Gasteiger partial charge is 0.394 e. The zero-order valence-electron chi connectivity index (χ0n) is 12.5. The monoisotopic (exact) mass is 320 g/mol. The minimum absolute atomic E-state index is 0.00522. The van der Waals surface area contributed by atoms with Gasteiger partial charge in [0.2, 0.25) is 5.91 Å². The molecule has 0 bridgehead atoms. The van der Waals surface area contributed by atoms with Crippen molar-refractivity contribution in [2.24, 2.45) is 5.92 Å². The standard InChI is InChI=1S/C17H21ClN2O2/c1-2-9-20-10-7-14(8-11-20)17(22)19-16(12-21)13-3-5-15(18)6-4-13/h1,3-6,14,16,21H,7-12H2,(H,19,22). The number of benzene rings is 1. The number of hydrogen-bond acceptors (Lipinski definition) is 3. The van der Waals surface area contributed by atoms with Crippen LogP contribution in [0, 0.1) is 18.3 Å². The zero-order valence-corrected chi connectivity index (χ0v) is 13.2. The number of piperidine rings is 1. The molecule has 2 N–H and O–H groups in total. The summed E-state index contributed by atoms with van der Waals surface area (Å²) < 4.78 is 0. The van der Waals surface area contributed by atoms with Crippen LogP contribution in [0.2, 0.25) is 5.02 Å². The van der Waals surface area contributed by atoms with Crippen LogP contribution in [0.3, 0.4) is 0 Å². The Hall–Kier alpha value is -1.54. The normalized spacial score (nSPS) is 17.7. The molecular formula is C17H21ClN2O2. The van der Waals surface area contributed by atoms with Crippen molar-refractivity contribution in [3.63, 3.8) is 0 Å². The number of nitrogens with zero attached hydrogens (tertiary/aromatic N) is 1. The average Bonchev–Trinajstić information content (AvgIpc) is 2.54. The fourth-order valence-electron chi connectivity index (χ4n) is 2.70. The summed E-state index contributed by atoms with van der Waals surface area (Å²) in [6.45, 7) is 2.18. The van der Waals surface area contributed by atoms with Crippen molar-refractivity contribution in [2.75, 3.05) is 26.2 Å². The Balaban J connectivity index is 1.90. The van der Waals surface area contributed by atoms with Crippen molar-refractivity contribution in [2.45, 2.75) is 18.9 Å². The second kappa shape index (κ2) is 8.19. The molecule has 22 heavy (non-hydrogen) atoms. The van der Waals surface area contributed by atoms with Gasteiger partial charge in [-0.25, -0.2) is 0 Å². The Bertz CT molecular complexity index is 531. The van der Waals surface area contributed by atoms with Crippen molar-refractivity contribution < 1.29 is 9.90 Å². The van der Waals surface area contributed by atoms with Crippen molar-refractivity contribution >= 4 is 17.5 Å². The molecule has 4 nitrogen and oxygen atoms in total. The number of aliphatic hydroxyl groups excluding tert-OH is 1. The molecule has 1 unspecified atom stereocenters. The van der Waals surface area contributed by atoms with Crippen LogP contribution < -0.4 is 5.32 Å². The molecule has 5 heteroatoms. The van der Waals surface area contributed by atoms with Gasteiger partial charge in [0.25, 0.3) is 0 Å². The third kappa shape index (κ3) is 4.48. The number of aliphatic hydroxyl groups is 1. The van der Waals surface area contributed by atoms with E-state index in [1.807, 2.05) is 12.1 Å². The van der Waals surface area contributed by atoms with Crippen LogP contribution in [0.25, 0.3) is 0 Å². The molecule has 1 aromatic carbocycles. The van der Waals surface area contributed by atoms with E-state index in [2.05, 4.69) is 16.1 Å². The van der Waals surface area contributed by atoms with Crippen molar-refractivity contribution in [3.8, 4) is 12.3 Å². The van der Waals surface area contributed by atoms with Gasteiger partial charge < -0.3 is 10.4 Å². The molecule has 1 saturated heterocycles. The lowest BCUT2D eigenvalue weighted by Crippen LogP contribution is -2.42. The van der Waals surface area contributed by atoms with Crippen LogP contribution in [0.1, 0.15) is 24.4 Å². The van der Waals surface area contributed by atoms with Gasteiger partial charge in [0.1, 0.15) is 0 Å². The molecule has 1 amide bonds. The molecule has 0 radical (unpaired) electrons. The Labute approximate surface area is 136 Å². The molecule has 0 aromatic heterocycles. The van der Waals surface area contributed by atoms with Gasteiger partial charge in [-0.3, -0.25) is 9.69 Å². The number of likely N-dealkylation sites (tertiary alicyclic amines) is 1. The number of rotatable bonds is 5. The van der Waals surface area contributed by atoms with Gasteiger partial charge in [-0.05, 0) is 43.6 Å². The summed E-state index contributed by atoms with van der Waals surface area (Å²) in [5, 5.41) is 13.1. The summed E-state index contributed by atoms with van der Waals surface area (Å²) in [5.74, 6) is 2.61. The maximum atomic E-state index is 12.4. The van der Waals surface area contributed by atoms with Crippen molar-refractivity contribution in [1.29, 1.82) is 0 Å². The maximum absolute atomic E-state index is 12.4. The summed E-state index contributed by atoms with van der Waals surface area (Å²) in [5.41, 5.74) is 0.852. The SMILES string of the molecule is C#CCN1CCC(C(=O)NC(CO)c2ccc(Cl)cc2)CC1. The van der Waals surface area contributed by atoms with Crippen LogP contribution in [0.5, 0.6) is 0 Å². The number of halogens is 1. The second-order valence-electron chi connectivity index (χ2n) is 5.55. The van der Waals surface area contributed by atoms with E-state index in [9.17, 15) is 9.90 Å². The van der Waals surface area contributed by atoms with E-state index in [0.29, 0.717) is 11.6 Å². The molecule has 0 saturated carbocycles. The number of carbonyl (C=O) groups excluding carboxylic acids is 1. The van der Waals surface area contributed by atoms with Gasteiger partial charge in [0.05, 0.1) is 19.2 Å². The lowest BCUT2D eigenvalue weighted by Gasteiger charge is -2.30. The lowest BCUT2D eigenvalue weighted by molar-refractivity contribution is -0.127. The highest BCUT2D eigenvalue weighted by Gasteiger charge is 2.26. The van der Waals surface area contributed by atoms with E-state index in [1.165, 1.54) is 0 Å². The first-order valence-electron chi connectivity index (χ1n) is 7.46. The van der Waals surface area contributed by atoms with E-state index < -0.39 is 6.04 Å². The van der Waals surface area contributed by atoms with Crippen LogP contribution in [0.4, 0.5) is 0 Å². The Kier molecular flexibility index (Phi) is 6.26. The lowest BCUT2D eigenvalue weighted by atomic mass is 9.95. The smallest absolute Gasteiger partial charge is 0.223 e. The summed E-state index contributed by atoms with van der Waals surface area (Å²) in [6.07, 6.45) is 6.90. The molecule has 1 atom stereocenters. The Morgan fingerprint density at radius 2 is 2.05 bits per heavy atom. The molecule has 2 rings (SSSR count). The van der Waals surface area contributed by atoms with Gasteiger partial charge in [-0.1, -0.05) is 29.7 Å². The van der Waals surface area contributed by atoms with Gasteiger partial charge in [-0.15, -0.1) is 6.42 Å². The quantitative estimate of drug-likeness (QED) is 0.814. The third-order valence-electron chi connectivity index (χ3n) is 4.04. The Morgan fingerprint density at radius 1 is 1.41 bits per heavy atom. The van der Waals surface area contributed by atoms with Crippen LogP contribution in [-0.4, -0.2) is 42.2 Å². The van der Waals surface area contributed by atoms with Crippen molar-refractivity contribution in [1.82, 2.24) is 10.2 Å². The summed E-state index contributed by atoms with van der Waals surface area (Å²) in [4.78, 5) is 14.5. The third-order valence-corrected chi connectivity index (χ3v) is 4.30. The molecule has 1 heterocycles. The van der Waals surface area contributed by atoms with Crippen LogP contribution in [0.15, 0.2) is 24.3 Å². The van der Waals surface area contributed by atoms with Gasteiger partial charge in [0.15, 0.2) is 0 Å². The molecular weight excluding hydrogens is 300 g/mol. The zero-order chi connectivity index (χ0) is 15.9. The van der Waals surface area contributed by atoms with Crippen LogP contribution in [-0.2, 0) is 4.79 Å². The first-order chi connectivity index (χ1) is 10.6. The van der Waals surface area contributed by atoms with E-state index in [0.717, 1.165) is 31.5 Å². The minimum atomic E-state index is -0.395. The molecule has 1 aromatic rings. The highest BCUT2D eigenvalue weighted by molar-refractivity contribution is 6.30. The average molecular weight is 321 g/mol. The van der Waals surface area contributed by atoms with E-state index >= 15 is 0 Å². The van der Waals surface area contributed by atoms with Gasteiger partial charge in [-0.2, -0.15) is 0 Å². The minimum Gasteiger partial charge on any atom is -0.394 e. The number of carbonyl (C=O) groups is 1. The number of amides is 1. The van der Waals surface area contributed by atoms with E-state index in [1.54, 1.807) is 12.1 Å². The predicted octanol–water partition coefficient (Wildman–Crippen LogP) is 1.83. The fourth-order valence-corrected chi connectivity index (χ4v) is 2.83. The topological polar surface area (TPSA) is 52.6 Å². The highest BCUT2D eigenvalue weighted by Crippen LogP contribution is 2.20. The highest BCUT2D eigenvalue weighted by atomic mass is 35.5. The molecule has 1 aliphatic heterocycles. The molecule has 1 aliphatic rings. The molecule has 0 aliphatic carbocycles. The molecule has 0 spiro atoms. The van der Waals surface area contributed by atoms with Crippen LogP contribution >= 0.6 is 11.6 Å². The summed E-state index contributed by atoms with van der Waals surface area (Å²) >= 11 is 5.86. The van der Waals surface area contributed by atoms with E-state index in [4.69, 9.17) is 18.0 Å². The maximum Gasteiger partial charge on any atom is 0.223 e. The molecule has 118 valence electrons. The number of hydrogen-bond donors (Lipinski definition) is 2. The predicted molar refractivity (Wildman–Crippen MR) is 87.4 cm³/mol. The first kappa shape index (κ1) is 16.8. The molecule has 1 fully saturated rings. The Morgan fingerprint density at radius 3 is 2.59 bits per heavy atom. The summed E-state index contributed by atoms with van der Waals surface area (Å²) in [7, 11) is 0. The van der Waals surface area contributed by atoms with Gasteiger partial charge >= 0.3 is 0 Å². The fraction of sp³-hybridized carbons (Fsp3) is 0.471. The van der Waals surface area contributed by atoms with Crippen molar-refractivity contribution in [3.05, 3.63) is 34.9 Å². The van der Waals surface area contributed by atoms with E-state index in [-0.39, 0.29) is 18.4 Å². The number of nitrogens with one attached hydrogen (secondary N) is 1.